The molecule has 0 aliphatic carbocycles. The summed E-state index contributed by atoms with van der Waals surface area (Å²) >= 11 is 1.67. The number of carbonyl (C=O) groups excluding carboxylic acids is 1. The lowest BCUT2D eigenvalue weighted by Crippen LogP contribution is -2.24. The molecule has 1 N–H and O–H groups in total. The van der Waals surface area contributed by atoms with Gasteiger partial charge in [-0.15, -0.1) is 11.8 Å². The molecule has 0 radical (unpaired) electrons. The molecule has 0 saturated heterocycles. The van der Waals surface area contributed by atoms with Crippen LogP contribution in [0.2, 0.25) is 0 Å². The van der Waals surface area contributed by atoms with E-state index in [4.69, 9.17) is 0 Å². The number of hydrogen-bond acceptors (Lipinski definition) is 2. The standard InChI is InChI=1S/C20H25NOS/c1-4-17-12-9-13-18(5-2)19(17)21-20(22)15(3)23-14-16-10-7-6-8-11-16/h6-13,15H,4-5,14H2,1-3H3,(H,21,22)/t15-/m1/s1. The molecule has 2 nitrogen and oxygen atoms in total. The van der Waals surface area contributed by atoms with Crippen molar-refractivity contribution in [3.63, 3.8) is 0 Å². The number of benzene rings is 2. The SMILES string of the molecule is CCc1cccc(CC)c1NC(=O)[C@@H](C)SCc1ccccc1. The fourth-order valence-electron chi connectivity index (χ4n) is 2.50. The number of rotatable bonds is 7. The Kier molecular flexibility index (Phi) is 6.72. The van der Waals surface area contributed by atoms with Crippen molar-refractivity contribution in [2.75, 3.05) is 5.32 Å². The molecular weight excluding hydrogens is 302 g/mol. The Morgan fingerprint density at radius 1 is 1.00 bits per heavy atom. The van der Waals surface area contributed by atoms with Gasteiger partial charge in [-0.2, -0.15) is 0 Å². The summed E-state index contributed by atoms with van der Waals surface area (Å²) in [6, 6.07) is 16.5. The van der Waals surface area contributed by atoms with Gasteiger partial charge in [0.1, 0.15) is 0 Å². The van der Waals surface area contributed by atoms with E-state index in [2.05, 4.69) is 49.5 Å². The molecule has 122 valence electrons. The second-order valence-corrected chi connectivity index (χ2v) is 6.92. The van der Waals surface area contributed by atoms with E-state index < -0.39 is 0 Å². The van der Waals surface area contributed by atoms with E-state index in [1.165, 1.54) is 16.7 Å². The van der Waals surface area contributed by atoms with Gasteiger partial charge >= 0.3 is 0 Å². The van der Waals surface area contributed by atoms with E-state index in [-0.39, 0.29) is 11.2 Å². The Balaban J connectivity index is 2.01. The van der Waals surface area contributed by atoms with Crippen molar-refractivity contribution < 1.29 is 4.79 Å². The molecule has 1 atom stereocenters. The molecule has 0 spiro atoms. The van der Waals surface area contributed by atoms with Gasteiger partial charge in [0.05, 0.1) is 5.25 Å². The summed E-state index contributed by atoms with van der Waals surface area (Å²) < 4.78 is 0. The first kappa shape index (κ1) is 17.6. The molecule has 2 aromatic rings. The molecule has 0 unspecified atom stereocenters. The quantitative estimate of drug-likeness (QED) is 0.769. The summed E-state index contributed by atoms with van der Waals surface area (Å²) in [6.07, 6.45) is 1.85. The van der Waals surface area contributed by atoms with Crippen LogP contribution in [0.25, 0.3) is 0 Å². The molecule has 3 heteroatoms. The summed E-state index contributed by atoms with van der Waals surface area (Å²) in [7, 11) is 0. The minimum Gasteiger partial charge on any atom is -0.325 e. The first-order valence-electron chi connectivity index (χ1n) is 8.22. The molecular formula is C20H25NOS. The second kappa shape index (κ2) is 8.78. The van der Waals surface area contributed by atoms with Crippen LogP contribution in [-0.4, -0.2) is 11.2 Å². The molecule has 1 amide bonds. The maximum absolute atomic E-state index is 12.5. The summed E-state index contributed by atoms with van der Waals surface area (Å²) in [5, 5.41) is 3.08. The van der Waals surface area contributed by atoms with Crippen molar-refractivity contribution in [3.05, 3.63) is 65.2 Å². The van der Waals surface area contributed by atoms with Crippen molar-refractivity contribution in [2.24, 2.45) is 0 Å². The molecule has 0 aromatic heterocycles. The zero-order valence-corrected chi connectivity index (χ0v) is 15.0. The highest BCUT2D eigenvalue weighted by atomic mass is 32.2. The van der Waals surface area contributed by atoms with Crippen LogP contribution >= 0.6 is 11.8 Å². The summed E-state index contributed by atoms with van der Waals surface area (Å²) in [5.74, 6) is 0.937. The second-order valence-electron chi connectivity index (χ2n) is 5.59. The lowest BCUT2D eigenvalue weighted by Gasteiger charge is -2.17. The smallest absolute Gasteiger partial charge is 0.237 e. The zero-order chi connectivity index (χ0) is 16.7. The summed E-state index contributed by atoms with van der Waals surface area (Å²) in [4.78, 5) is 12.5. The first-order chi connectivity index (χ1) is 11.2. The monoisotopic (exact) mass is 327 g/mol. The van der Waals surface area contributed by atoms with E-state index in [0.29, 0.717) is 0 Å². The predicted molar refractivity (Wildman–Crippen MR) is 101 cm³/mol. The summed E-state index contributed by atoms with van der Waals surface area (Å²) in [5.41, 5.74) is 4.67. The molecule has 2 aromatic carbocycles. The lowest BCUT2D eigenvalue weighted by atomic mass is 10.0. The van der Waals surface area contributed by atoms with Gasteiger partial charge in [0, 0.05) is 11.4 Å². The normalized spacial score (nSPS) is 12.0. The molecule has 0 aliphatic rings. The molecule has 0 fully saturated rings. The van der Waals surface area contributed by atoms with Crippen molar-refractivity contribution in [3.8, 4) is 0 Å². The molecule has 0 heterocycles. The van der Waals surface area contributed by atoms with E-state index in [9.17, 15) is 4.79 Å². The first-order valence-corrected chi connectivity index (χ1v) is 9.27. The minimum absolute atomic E-state index is 0.0789. The van der Waals surface area contributed by atoms with Gasteiger partial charge < -0.3 is 5.32 Å². The number of thioether (sulfide) groups is 1. The largest absolute Gasteiger partial charge is 0.325 e. The van der Waals surface area contributed by atoms with Gasteiger partial charge in [-0.05, 0) is 36.5 Å². The van der Waals surface area contributed by atoms with E-state index in [0.717, 1.165) is 24.3 Å². The number of anilines is 1. The van der Waals surface area contributed by atoms with E-state index >= 15 is 0 Å². The van der Waals surface area contributed by atoms with Gasteiger partial charge in [-0.3, -0.25) is 4.79 Å². The van der Waals surface area contributed by atoms with Gasteiger partial charge in [-0.25, -0.2) is 0 Å². The van der Waals surface area contributed by atoms with E-state index in [1.807, 2.05) is 25.1 Å². The average molecular weight is 327 g/mol. The van der Waals surface area contributed by atoms with Crippen molar-refractivity contribution in [2.45, 2.75) is 44.6 Å². The van der Waals surface area contributed by atoms with Crippen molar-refractivity contribution in [1.82, 2.24) is 0 Å². The molecule has 0 bridgehead atoms. The zero-order valence-electron chi connectivity index (χ0n) is 14.1. The number of hydrogen-bond donors (Lipinski definition) is 1. The number of nitrogens with one attached hydrogen (secondary N) is 1. The Morgan fingerprint density at radius 2 is 1.61 bits per heavy atom. The average Bonchev–Trinajstić information content (AvgIpc) is 2.60. The molecule has 0 saturated carbocycles. The van der Waals surface area contributed by atoms with Gasteiger partial charge in [0.2, 0.25) is 5.91 Å². The third-order valence-corrected chi connectivity index (χ3v) is 5.17. The van der Waals surface area contributed by atoms with Crippen molar-refractivity contribution in [1.29, 1.82) is 0 Å². The van der Waals surface area contributed by atoms with Crippen LogP contribution in [-0.2, 0) is 23.4 Å². The van der Waals surface area contributed by atoms with Gasteiger partial charge in [0.15, 0.2) is 0 Å². The fourth-order valence-corrected chi connectivity index (χ4v) is 3.34. The number of para-hydroxylation sites is 1. The van der Waals surface area contributed by atoms with Crippen LogP contribution < -0.4 is 5.32 Å². The highest BCUT2D eigenvalue weighted by molar-refractivity contribution is 7.99. The minimum atomic E-state index is -0.0789. The predicted octanol–water partition coefficient (Wildman–Crippen LogP) is 5.07. The number of carbonyl (C=O) groups is 1. The Hall–Kier alpha value is -1.74. The highest BCUT2D eigenvalue weighted by Gasteiger charge is 2.16. The Labute approximate surface area is 143 Å². The lowest BCUT2D eigenvalue weighted by molar-refractivity contribution is -0.115. The highest BCUT2D eigenvalue weighted by Crippen LogP contribution is 2.25. The maximum Gasteiger partial charge on any atom is 0.237 e. The van der Waals surface area contributed by atoms with E-state index in [1.54, 1.807) is 11.8 Å². The van der Waals surface area contributed by atoms with Crippen LogP contribution in [0.3, 0.4) is 0 Å². The topological polar surface area (TPSA) is 29.1 Å². The van der Waals surface area contributed by atoms with Crippen LogP contribution in [0.5, 0.6) is 0 Å². The van der Waals surface area contributed by atoms with Crippen LogP contribution in [0, 0.1) is 0 Å². The third-order valence-electron chi connectivity index (χ3n) is 3.96. The Morgan fingerprint density at radius 3 is 2.17 bits per heavy atom. The van der Waals surface area contributed by atoms with Crippen LogP contribution in [0.1, 0.15) is 37.5 Å². The Bertz CT molecular complexity index is 617. The third kappa shape index (κ3) is 4.87. The molecule has 0 aliphatic heterocycles. The summed E-state index contributed by atoms with van der Waals surface area (Å²) in [6.45, 7) is 6.22. The molecule has 23 heavy (non-hydrogen) atoms. The van der Waals surface area contributed by atoms with Crippen LogP contribution in [0.15, 0.2) is 48.5 Å². The number of amides is 1. The van der Waals surface area contributed by atoms with Gasteiger partial charge in [-0.1, -0.05) is 62.4 Å². The molecule has 2 rings (SSSR count). The van der Waals surface area contributed by atoms with Gasteiger partial charge in [0.25, 0.3) is 0 Å². The maximum atomic E-state index is 12.5. The fraction of sp³-hybridized carbons (Fsp3) is 0.350. The number of aryl methyl sites for hydroxylation is 2. The van der Waals surface area contributed by atoms with Crippen molar-refractivity contribution >= 4 is 23.4 Å². The van der Waals surface area contributed by atoms with Crippen LogP contribution in [0.4, 0.5) is 5.69 Å².